The predicted molar refractivity (Wildman–Crippen MR) is 83.9 cm³/mol. The van der Waals surface area contributed by atoms with E-state index in [1.165, 1.54) is 4.90 Å². The first-order valence-electron chi connectivity index (χ1n) is 7.61. The molecule has 5 nitrogen and oxygen atoms in total. The molecule has 2 aliphatic rings. The molecule has 0 bridgehead atoms. The third kappa shape index (κ3) is 3.82. The number of alkyl halides is 2. The lowest BCUT2D eigenvalue weighted by molar-refractivity contribution is -0.131. The molecule has 2 fully saturated rings. The van der Waals surface area contributed by atoms with Crippen molar-refractivity contribution < 1.29 is 9.59 Å². The number of carbonyl (C=O) groups excluding carboxylic acids is 2. The van der Waals surface area contributed by atoms with Crippen LogP contribution in [-0.4, -0.2) is 65.2 Å². The number of amides is 3. The highest BCUT2D eigenvalue weighted by Gasteiger charge is 2.51. The highest BCUT2D eigenvalue weighted by atomic mass is 35.5. The molecule has 1 aliphatic carbocycles. The number of rotatable bonds is 8. The Hall–Kier alpha value is -0.520. The van der Waals surface area contributed by atoms with Crippen LogP contribution in [-0.2, 0) is 4.79 Å². The number of hydrogen-bond donors (Lipinski definition) is 1. The summed E-state index contributed by atoms with van der Waals surface area (Å²) in [6.07, 6.45) is 4.33. The lowest BCUT2D eigenvalue weighted by Crippen LogP contribution is -2.44. The molecule has 0 radical (unpaired) electrons. The van der Waals surface area contributed by atoms with Crippen molar-refractivity contribution in [2.75, 3.05) is 37.9 Å². The zero-order valence-corrected chi connectivity index (χ0v) is 13.8. The Morgan fingerprint density at radius 2 is 1.71 bits per heavy atom. The van der Waals surface area contributed by atoms with Crippen molar-refractivity contribution in [3.63, 3.8) is 0 Å². The third-order valence-electron chi connectivity index (χ3n) is 4.36. The zero-order valence-electron chi connectivity index (χ0n) is 12.2. The van der Waals surface area contributed by atoms with Crippen LogP contribution in [0.4, 0.5) is 4.79 Å². The summed E-state index contributed by atoms with van der Waals surface area (Å²) in [5.41, 5.74) is -0.594. The van der Waals surface area contributed by atoms with Crippen molar-refractivity contribution in [2.24, 2.45) is 0 Å². The summed E-state index contributed by atoms with van der Waals surface area (Å²) in [6.45, 7) is 2.81. The summed E-state index contributed by atoms with van der Waals surface area (Å²) in [7, 11) is 0. The maximum absolute atomic E-state index is 12.5. The molecule has 7 heteroatoms. The monoisotopic (exact) mass is 335 g/mol. The lowest BCUT2D eigenvalue weighted by atomic mass is 9.98. The average molecular weight is 336 g/mol. The van der Waals surface area contributed by atoms with Gasteiger partial charge in [-0.25, -0.2) is 4.79 Å². The molecule has 1 spiro atoms. The van der Waals surface area contributed by atoms with Gasteiger partial charge in [-0.1, -0.05) is 12.8 Å². The summed E-state index contributed by atoms with van der Waals surface area (Å²) in [4.78, 5) is 28.0. The Kier molecular flexibility index (Phi) is 6.14. The Balaban J connectivity index is 1.82. The molecular weight excluding hydrogens is 313 g/mol. The van der Waals surface area contributed by atoms with Crippen LogP contribution in [0.5, 0.6) is 0 Å². The molecule has 21 heavy (non-hydrogen) atoms. The van der Waals surface area contributed by atoms with Crippen LogP contribution in [0.25, 0.3) is 0 Å². The van der Waals surface area contributed by atoms with E-state index in [-0.39, 0.29) is 11.9 Å². The maximum atomic E-state index is 12.5. The second-order valence-electron chi connectivity index (χ2n) is 5.75. The van der Waals surface area contributed by atoms with Gasteiger partial charge in [-0.3, -0.25) is 9.69 Å². The molecule has 120 valence electrons. The van der Waals surface area contributed by atoms with E-state index in [4.69, 9.17) is 23.2 Å². The molecule has 1 saturated heterocycles. The van der Waals surface area contributed by atoms with Gasteiger partial charge in [0.05, 0.1) is 0 Å². The largest absolute Gasteiger partial charge is 0.325 e. The van der Waals surface area contributed by atoms with E-state index in [2.05, 4.69) is 10.2 Å². The summed E-state index contributed by atoms with van der Waals surface area (Å²) in [6, 6.07) is -0.233. The molecule has 0 aromatic carbocycles. The first-order chi connectivity index (χ1) is 10.1. The highest BCUT2D eigenvalue weighted by Crippen LogP contribution is 2.34. The van der Waals surface area contributed by atoms with Crippen LogP contribution < -0.4 is 5.32 Å². The summed E-state index contributed by atoms with van der Waals surface area (Å²) in [5.74, 6) is 1.08. The van der Waals surface area contributed by atoms with Crippen molar-refractivity contribution in [2.45, 2.75) is 37.6 Å². The summed E-state index contributed by atoms with van der Waals surface area (Å²) < 4.78 is 0. The minimum atomic E-state index is -0.594. The topological polar surface area (TPSA) is 52.7 Å². The average Bonchev–Trinajstić information content (AvgIpc) is 3.00. The minimum absolute atomic E-state index is 0.0359. The standard InChI is InChI=1S/C14H23Cl2N3O2/c15-6-10-18(11-7-16)8-3-9-19-12(20)14(17-13(19)21)4-1-2-5-14/h1-11H2,(H,17,21). The van der Waals surface area contributed by atoms with Gasteiger partial charge in [0.15, 0.2) is 0 Å². The van der Waals surface area contributed by atoms with Gasteiger partial charge in [0.1, 0.15) is 5.54 Å². The second kappa shape index (κ2) is 7.65. The molecule has 1 N–H and O–H groups in total. The Bertz CT molecular complexity index is 380. The minimum Gasteiger partial charge on any atom is -0.323 e. The number of nitrogens with one attached hydrogen (secondary N) is 1. The van der Waals surface area contributed by atoms with Crippen LogP contribution in [0, 0.1) is 0 Å². The molecule has 1 aliphatic heterocycles. The number of hydrogen-bond acceptors (Lipinski definition) is 3. The highest BCUT2D eigenvalue weighted by molar-refractivity contribution is 6.18. The van der Waals surface area contributed by atoms with Gasteiger partial charge in [-0.2, -0.15) is 0 Å². The number of imide groups is 1. The lowest BCUT2D eigenvalue weighted by Gasteiger charge is -2.22. The second-order valence-corrected chi connectivity index (χ2v) is 6.51. The third-order valence-corrected chi connectivity index (χ3v) is 4.70. The molecular formula is C14H23Cl2N3O2. The van der Waals surface area contributed by atoms with Gasteiger partial charge >= 0.3 is 6.03 Å². The molecule has 0 aromatic heterocycles. The fraction of sp³-hybridized carbons (Fsp3) is 0.857. The Labute approximate surface area is 135 Å². The van der Waals surface area contributed by atoms with E-state index in [0.717, 1.165) is 51.7 Å². The van der Waals surface area contributed by atoms with Gasteiger partial charge in [0.25, 0.3) is 5.91 Å². The molecule has 0 aromatic rings. The van der Waals surface area contributed by atoms with Crippen molar-refractivity contribution >= 4 is 35.1 Å². The first-order valence-corrected chi connectivity index (χ1v) is 8.68. The van der Waals surface area contributed by atoms with Gasteiger partial charge in [-0.05, 0) is 25.8 Å². The number of halogens is 2. The molecule has 1 heterocycles. The van der Waals surface area contributed by atoms with Crippen molar-refractivity contribution in [3.05, 3.63) is 0 Å². The van der Waals surface area contributed by atoms with Gasteiger partial charge in [0, 0.05) is 31.4 Å². The fourth-order valence-electron chi connectivity index (χ4n) is 3.22. The number of carbonyl (C=O) groups is 2. The normalized spacial score (nSPS) is 20.8. The molecule has 0 atom stereocenters. The van der Waals surface area contributed by atoms with Gasteiger partial charge in [-0.15, -0.1) is 23.2 Å². The van der Waals surface area contributed by atoms with Crippen LogP contribution in [0.15, 0.2) is 0 Å². The molecule has 0 unspecified atom stereocenters. The van der Waals surface area contributed by atoms with E-state index in [9.17, 15) is 9.59 Å². The predicted octanol–water partition coefficient (Wildman–Crippen LogP) is 2.02. The van der Waals surface area contributed by atoms with E-state index < -0.39 is 5.54 Å². The summed E-state index contributed by atoms with van der Waals surface area (Å²) in [5, 5.41) is 2.90. The van der Waals surface area contributed by atoms with Gasteiger partial charge < -0.3 is 10.2 Å². The quantitative estimate of drug-likeness (QED) is 0.545. The maximum Gasteiger partial charge on any atom is 0.325 e. The van der Waals surface area contributed by atoms with Gasteiger partial charge in [0.2, 0.25) is 0 Å². The number of urea groups is 1. The Morgan fingerprint density at radius 1 is 1.10 bits per heavy atom. The van der Waals surface area contributed by atoms with Crippen LogP contribution in [0.2, 0.25) is 0 Å². The van der Waals surface area contributed by atoms with E-state index in [1.807, 2.05) is 0 Å². The zero-order chi connectivity index (χ0) is 15.3. The molecule has 1 saturated carbocycles. The SMILES string of the molecule is O=C1NC2(CCCC2)C(=O)N1CCCN(CCCl)CCCl. The Morgan fingerprint density at radius 3 is 2.29 bits per heavy atom. The van der Waals surface area contributed by atoms with Crippen LogP contribution in [0.1, 0.15) is 32.1 Å². The van der Waals surface area contributed by atoms with E-state index in [0.29, 0.717) is 18.3 Å². The first kappa shape index (κ1) is 16.8. The van der Waals surface area contributed by atoms with E-state index in [1.54, 1.807) is 0 Å². The summed E-state index contributed by atoms with van der Waals surface area (Å²) >= 11 is 11.5. The number of nitrogens with zero attached hydrogens (tertiary/aromatic N) is 2. The van der Waals surface area contributed by atoms with Crippen molar-refractivity contribution in [3.8, 4) is 0 Å². The molecule has 2 rings (SSSR count). The van der Waals surface area contributed by atoms with E-state index >= 15 is 0 Å². The molecule has 3 amide bonds. The van der Waals surface area contributed by atoms with Crippen molar-refractivity contribution in [1.82, 2.24) is 15.1 Å². The van der Waals surface area contributed by atoms with Crippen molar-refractivity contribution in [1.29, 1.82) is 0 Å². The fourth-order valence-corrected chi connectivity index (χ4v) is 3.70. The van der Waals surface area contributed by atoms with Crippen LogP contribution >= 0.6 is 23.2 Å². The van der Waals surface area contributed by atoms with Crippen LogP contribution in [0.3, 0.4) is 0 Å². The smallest absolute Gasteiger partial charge is 0.323 e.